The number of hydrogen-bond donors (Lipinski definition) is 3. The number of carbonyl (C=O) groups is 2. The summed E-state index contributed by atoms with van der Waals surface area (Å²) in [5.41, 5.74) is 1.05. The van der Waals surface area contributed by atoms with Gasteiger partial charge in [-0.25, -0.2) is 4.79 Å². The van der Waals surface area contributed by atoms with E-state index in [1.807, 2.05) is 0 Å². The Morgan fingerprint density at radius 1 is 1.17 bits per heavy atom. The summed E-state index contributed by atoms with van der Waals surface area (Å²) in [6.07, 6.45) is 1.76. The summed E-state index contributed by atoms with van der Waals surface area (Å²) in [5, 5.41) is 17.8. The molecule has 4 nitrogen and oxygen atoms in total. The molecule has 2 N–H and O–H groups in total. The molecular formula is C13H16O4S. The Balaban J connectivity index is 2.68. The lowest BCUT2D eigenvalue weighted by Crippen LogP contribution is -2.16. The summed E-state index contributed by atoms with van der Waals surface area (Å²) in [6.45, 7) is 0. The fourth-order valence-corrected chi connectivity index (χ4v) is 1.90. The SMILES string of the molecule is O=C(O)c1ccc(C[C@H](CCCS)C(=O)O)cc1. The first-order valence-corrected chi connectivity index (χ1v) is 6.33. The third kappa shape index (κ3) is 4.41. The van der Waals surface area contributed by atoms with Crippen molar-refractivity contribution < 1.29 is 19.8 Å². The van der Waals surface area contributed by atoms with Crippen molar-refractivity contribution in [1.82, 2.24) is 0 Å². The summed E-state index contributed by atoms with van der Waals surface area (Å²) < 4.78 is 0. The number of rotatable bonds is 7. The molecule has 1 aromatic rings. The third-order valence-electron chi connectivity index (χ3n) is 2.74. The molecule has 5 heteroatoms. The van der Waals surface area contributed by atoms with E-state index in [0.29, 0.717) is 18.6 Å². The van der Waals surface area contributed by atoms with Gasteiger partial charge in [-0.1, -0.05) is 12.1 Å². The number of carboxylic acid groups (broad SMARTS) is 2. The maximum Gasteiger partial charge on any atom is 0.335 e. The van der Waals surface area contributed by atoms with E-state index >= 15 is 0 Å². The van der Waals surface area contributed by atoms with Crippen LogP contribution < -0.4 is 0 Å². The van der Waals surface area contributed by atoms with Crippen molar-refractivity contribution in [3.63, 3.8) is 0 Å². The van der Waals surface area contributed by atoms with E-state index in [-0.39, 0.29) is 5.56 Å². The van der Waals surface area contributed by atoms with Crippen LogP contribution in [0.5, 0.6) is 0 Å². The molecule has 0 unspecified atom stereocenters. The Morgan fingerprint density at radius 3 is 2.22 bits per heavy atom. The quantitative estimate of drug-likeness (QED) is 0.663. The minimum Gasteiger partial charge on any atom is -0.481 e. The second-order valence-electron chi connectivity index (χ2n) is 4.11. The van der Waals surface area contributed by atoms with E-state index in [1.165, 1.54) is 12.1 Å². The smallest absolute Gasteiger partial charge is 0.335 e. The molecular weight excluding hydrogens is 252 g/mol. The van der Waals surface area contributed by atoms with Crippen molar-refractivity contribution in [1.29, 1.82) is 0 Å². The van der Waals surface area contributed by atoms with Gasteiger partial charge in [-0.3, -0.25) is 4.79 Å². The molecule has 0 spiro atoms. The van der Waals surface area contributed by atoms with Crippen LogP contribution in [0.3, 0.4) is 0 Å². The summed E-state index contributed by atoms with van der Waals surface area (Å²) in [4.78, 5) is 21.7. The molecule has 0 saturated carbocycles. The molecule has 0 aromatic heterocycles. The third-order valence-corrected chi connectivity index (χ3v) is 3.06. The van der Waals surface area contributed by atoms with Crippen LogP contribution in [0.2, 0.25) is 0 Å². The van der Waals surface area contributed by atoms with Gasteiger partial charge < -0.3 is 10.2 Å². The number of aromatic carboxylic acids is 1. The second kappa shape index (κ2) is 7.06. The van der Waals surface area contributed by atoms with Gasteiger partial charge >= 0.3 is 11.9 Å². The van der Waals surface area contributed by atoms with Crippen LogP contribution in [0.15, 0.2) is 24.3 Å². The maximum absolute atomic E-state index is 11.1. The largest absolute Gasteiger partial charge is 0.481 e. The monoisotopic (exact) mass is 268 g/mol. The topological polar surface area (TPSA) is 74.6 Å². The molecule has 0 amide bonds. The zero-order chi connectivity index (χ0) is 13.5. The average Bonchev–Trinajstić information content (AvgIpc) is 2.34. The van der Waals surface area contributed by atoms with Gasteiger partial charge in [0.05, 0.1) is 11.5 Å². The Labute approximate surface area is 111 Å². The highest BCUT2D eigenvalue weighted by atomic mass is 32.1. The van der Waals surface area contributed by atoms with Gasteiger partial charge in [0.25, 0.3) is 0 Å². The summed E-state index contributed by atoms with van der Waals surface area (Å²) in [5.74, 6) is -1.57. The predicted molar refractivity (Wildman–Crippen MR) is 71.3 cm³/mol. The molecule has 98 valence electrons. The molecule has 18 heavy (non-hydrogen) atoms. The Morgan fingerprint density at radius 2 is 1.78 bits per heavy atom. The Kier molecular flexibility index (Phi) is 5.71. The van der Waals surface area contributed by atoms with Crippen molar-refractivity contribution in [3.8, 4) is 0 Å². The summed E-state index contributed by atoms with van der Waals surface area (Å²) >= 11 is 4.07. The number of thiol groups is 1. The van der Waals surface area contributed by atoms with Crippen LogP contribution in [0.4, 0.5) is 0 Å². The summed E-state index contributed by atoms with van der Waals surface area (Å²) in [6, 6.07) is 6.32. The molecule has 0 saturated heterocycles. The minimum absolute atomic E-state index is 0.209. The van der Waals surface area contributed by atoms with Crippen LogP contribution in [-0.4, -0.2) is 27.9 Å². The van der Waals surface area contributed by atoms with Crippen molar-refractivity contribution in [2.45, 2.75) is 19.3 Å². The van der Waals surface area contributed by atoms with Crippen molar-refractivity contribution in [2.24, 2.45) is 5.92 Å². The van der Waals surface area contributed by atoms with E-state index in [0.717, 1.165) is 12.0 Å². The van der Waals surface area contributed by atoms with Crippen LogP contribution in [0.25, 0.3) is 0 Å². The number of benzene rings is 1. The van der Waals surface area contributed by atoms with Gasteiger partial charge in [0.2, 0.25) is 0 Å². The van der Waals surface area contributed by atoms with E-state index in [1.54, 1.807) is 12.1 Å². The molecule has 0 aliphatic rings. The van der Waals surface area contributed by atoms with E-state index in [2.05, 4.69) is 12.6 Å². The molecule has 0 aliphatic carbocycles. The molecule has 0 heterocycles. The van der Waals surface area contributed by atoms with Crippen molar-refractivity contribution >= 4 is 24.6 Å². The molecule has 0 radical (unpaired) electrons. The van der Waals surface area contributed by atoms with Crippen molar-refractivity contribution in [3.05, 3.63) is 35.4 Å². The highest BCUT2D eigenvalue weighted by Crippen LogP contribution is 2.16. The first-order valence-electron chi connectivity index (χ1n) is 5.70. The predicted octanol–water partition coefficient (Wildman–Crippen LogP) is 2.34. The number of aliphatic carboxylic acids is 1. The number of hydrogen-bond acceptors (Lipinski definition) is 3. The van der Waals surface area contributed by atoms with Gasteiger partial charge in [0, 0.05) is 0 Å². The Bertz CT molecular complexity index is 414. The molecule has 0 aliphatic heterocycles. The lowest BCUT2D eigenvalue weighted by atomic mass is 9.95. The van der Waals surface area contributed by atoms with E-state index in [4.69, 9.17) is 10.2 Å². The Hall–Kier alpha value is -1.49. The normalized spacial score (nSPS) is 12.1. The van der Waals surface area contributed by atoms with Crippen LogP contribution in [0, 0.1) is 5.92 Å². The second-order valence-corrected chi connectivity index (χ2v) is 4.55. The van der Waals surface area contributed by atoms with Gasteiger partial charge in [-0.15, -0.1) is 0 Å². The summed E-state index contributed by atoms with van der Waals surface area (Å²) in [7, 11) is 0. The maximum atomic E-state index is 11.1. The van der Waals surface area contributed by atoms with Gasteiger partial charge in [0.15, 0.2) is 0 Å². The lowest BCUT2D eigenvalue weighted by Gasteiger charge is -2.11. The van der Waals surface area contributed by atoms with Crippen molar-refractivity contribution in [2.75, 3.05) is 5.75 Å². The first kappa shape index (κ1) is 14.6. The average molecular weight is 268 g/mol. The lowest BCUT2D eigenvalue weighted by molar-refractivity contribution is -0.141. The molecule has 1 atom stereocenters. The van der Waals surface area contributed by atoms with E-state index < -0.39 is 17.9 Å². The molecule has 0 fully saturated rings. The van der Waals surface area contributed by atoms with E-state index in [9.17, 15) is 9.59 Å². The first-order chi connectivity index (χ1) is 8.54. The van der Waals surface area contributed by atoms with Crippen LogP contribution in [-0.2, 0) is 11.2 Å². The molecule has 0 bridgehead atoms. The van der Waals surface area contributed by atoms with Crippen LogP contribution >= 0.6 is 12.6 Å². The van der Waals surface area contributed by atoms with Gasteiger partial charge in [-0.05, 0) is 42.7 Å². The van der Waals surface area contributed by atoms with Gasteiger partial charge in [-0.2, -0.15) is 12.6 Å². The zero-order valence-corrected chi connectivity index (χ0v) is 10.8. The molecule has 1 aromatic carbocycles. The highest BCUT2D eigenvalue weighted by molar-refractivity contribution is 7.80. The fraction of sp³-hybridized carbons (Fsp3) is 0.385. The highest BCUT2D eigenvalue weighted by Gasteiger charge is 2.17. The van der Waals surface area contributed by atoms with Crippen LogP contribution in [0.1, 0.15) is 28.8 Å². The fourth-order valence-electron chi connectivity index (χ4n) is 1.72. The standard InChI is InChI=1S/C13H16O4S/c14-12(15)10-5-3-9(4-6-10)8-11(13(16)17)2-1-7-18/h3-6,11,18H,1-2,7-8H2,(H,14,15)(H,16,17)/t11-/m0/s1. The molecule has 1 rings (SSSR count). The zero-order valence-electron chi connectivity index (χ0n) is 9.87. The minimum atomic E-state index is -0.980. The number of carboxylic acids is 2. The van der Waals surface area contributed by atoms with Gasteiger partial charge in [0.1, 0.15) is 0 Å².